The van der Waals surface area contributed by atoms with Crippen LogP contribution >= 0.6 is 0 Å². The Hall–Kier alpha value is -2.36. The highest BCUT2D eigenvalue weighted by Crippen LogP contribution is 2.18. The number of benzene rings is 1. The molecule has 2 N–H and O–H groups in total. The Labute approximate surface area is 98.9 Å². The van der Waals surface area contributed by atoms with Crippen molar-refractivity contribution < 1.29 is 4.57 Å². The number of fused-ring (bicyclic) bond motifs is 1. The second-order valence-corrected chi connectivity index (χ2v) is 4.00. The summed E-state index contributed by atoms with van der Waals surface area (Å²) in [6.07, 6.45) is 3.92. The molecule has 0 atom stereocenters. The van der Waals surface area contributed by atoms with E-state index in [1.54, 1.807) is 4.57 Å². The normalized spacial score (nSPS) is 10.9. The van der Waals surface area contributed by atoms with E-state index in [1.807, 2.05) is 42.2 Å². The van der Waals surface area contributed by atoms with Gasteiger partial charge in [0.2, 0.25) is 5.82 Å². The molecule has 0 aliphatic heterocycles. The maximum atomic E-state index is 5.81. The largest absolute Gasteiger partial charge is 0.391 e. The molecule has 0 bridgehead atoms. The summed E-state index contributed by atoms with van der Waals surface area (Å²) in [6.45, 7) is 0. The van der Waals surface area contributed by atoms with Crippen LogP contribution in [0.1, 0.15) is 0 Å². The van der Waals surface area contributed by atoms with Crippen molar-refractivity contribution in [2.24, 2.45) is 7.05 Å². The molecule has 4 nitrogen and oxygen atoms in total. The van der Waals surface area contributed by atoms with Gasteiger partial charge in [0.05, 0.1) is 18.8 Å². The number of rotatable bonds is 1. The van der Waals surface area contributed by atoms with E-state index >= 15 is 0 Å². The van der Waals surface area contributed by atoms with Gasteiger partial charge < -0.3 is 0 Å². The van der Waals surface area contributed by atoms with Gasteiger partial charge in [-0.1, -0.05) is 23.2 Å². The fraction of sp³-hybridized carbons (Fsp3) is 0.0769. The Bertz CT molecular complexity index is 685. The summed E-state index contributed by atoms with van der Waals surface area (Å²) < 4.78 is 3.82. The molecular formula is C13H13N4+. The van der Waals surface area contributed by atoms with E-state index in [0.717, 1.165) is 11.3 Å². The molecule has 0 fully saturated rings. The van der Waals surface area contributed by atoms with Crippen LogP contribution in [0.2, 0.25) is 0 Å². The molecule has 0 amide bonds. The number of nitrogens with two attached hydrogens (primary N) is 1. The lowest BCUT2D eigenvalue weighted by atomic mass is 10.2. The standard InChI is InChI=1S/C13H12N4/c1-16-8-7-12(15-13(16)14)17-9-6-10-4-2-3-5-11(10)17/h2-9,14H,1H3/p+1. The lowest BCUT2D eigenvalue weighted by molar-refractivity contribution is -0.659. The summed E-state index contributed by atoms with van der Waals surface area (Å²) in [5.74, 6) is 1.34. The number of nitrogen functional groups attached to an aromatic ring is 1. The van der Waals surface area contributed by atoms with Crippen molar-refractivity contribution in [3.8, 4) is 5.82 Å². The molecule has 0 unspecified atom stereocenters. The molecule has 0 saturated heterocycles. The molecule has 2 heterocycles. The van der Waals surface area contributed by atoms with Crippen LogP contribution in [0.25, 0.3) is 16.7 Å². The lowest BCUT2D eigenvalue weighted by Crippen LogP contribution is -2.33. The van der Waals surface area contributed by atoms with Crippen LogP contribution in [0.15, 0.2) is 48.8 Å². The highest BCUT2D eigenvalue weighted by molar-refractivity contribution is 5.81. The van der Waals surface area contributed by atoms with Gasteiger partial charge in [0.25, 0.3) is 0 Å². The smallest absolute Gasteiger partial charge is 0.287 e. The van der Waals surface area contributed by atoms with Gasteiger partial charge >= 0.3 is 5.95 Å². The molecule has 0 aliphatic rings. The number of nitrogens with zero attached hydrogens (tertiary/aromatic N) is 3. The molecule has 3 rings (SSSR count). The van der Waals surface area contributed by atoms with E-state index < -0.39 is 0 Å². The molecule has 3 aromatic rings. The summed E-state index contributed by atoms with van der Waals surface area (Å²) in [7, 11) is 1.87. The number of aryl methyl sites for hydroxylation is 1. The van der Waals surface area contributed by atoms with E-state index in [4.69, 9.17) is 5.73 Å². The average molecular weight is 225 g/mol. The van der Waals surface area contributed by atoms with E-state index in [2.05, 4.69) is 23.2 Å². The Morgan fingerprint density at radius 3 is 2.82 bits per heavy atom. The monoisotopic (exact) mass is 225 g/mol. The van der Waals surface area contributed by atoms with Crippen LogP contribution in [-0.4, -0.2) is 9.55 Å². The second kappa shape index (κ2) is 3.59. The molecule has 4 heteroatoms. The first kappa shape index (κ1) is 9.84. The van der Waals surface area contributed by atoms with Crippen LogP contribution in [0.4, 0.5) is 5.95 Å². The predicted molar refractivity (Wildman–Crippen MR) is 66.7 cm³/mol. The summed E-state index contributed by atoms with van der Waals surface area (Å²) in [5, 5.41) is 1.20. The molecule has 0 spiro atoms. The van der Waals surface area contributed by atoms with Gasteiger partial charge in [0, 0.05) is 17.6 Å². The zero-order chi connectivity index (χ0) is 11.8. The van der Waals surface area contributed by atoms with Crippen molar-refractivity contribution in [3.63, 3.8) is 0 Å². The van der Waals surface area contributed by atoms with Crippen LogP contribution < -0.4 is 10.3 Å². The Balaban J connectivity index is 2.24. The van der Waals surface area contributed by atoms with E-state index in [-0.39, 0.29) is 0 Å². The third kappa shape index (κ3) is 1.54. The molecular weight excluding hydrogens is 212 g/mol. The number of aromatic nitrogens is 3. The minimum atomic E-state index is 0.500. The number of para-hydroxylation sites is 1. The minimum absolute atomic E-state index is 0.500. The van der Waals surface area contributed by atoms with Crippen molar-refractivity contribution in [2.75, 3.05) is 5.73 Å². The van der Waals surface area contributed by atoms with Gasteiger partial charge in [-0.2, -0.15) is 0 Å². The van der Waals surface area contributed by atoms with Gasteiger partial charge in [-0.15, -0.1) is 0 Å². The van der Waals surface area contributed by atoms with Crippen molar-refractivity contribution in [2.45, 2.75) is 0 Å². The van der Waals surface area contributed by atoms with Gasteiger partial charge in [0.1, 0.15) is 0 Å². The third-order valence-corrected chi connectivity index (χ3v) is 2.88. The number of anilines is 1. The minimum Gasteiger partial charge on any atom is -0.287 e. The highest BCUT2D eigenvalue weighted by Gasteiger charge is 2.09. The van der Waals surface area contributed by atoms with Crippen LogP contribution in [0.3, 0.4) is 0 Å². The SMILES string of the molecule is C[n+]1ccc(-n2ccc3ccccc32)nc1N. The summed E-state index contributed by atoms with van der Waals surface area (Å²) in [5.41, 5.74) is 6.94. The molecule has 2 aromatic heterocycles. The zero-order valence-electron chi connectivity index (χ0n) is 9.54. The van der Waals surface area contributed by atoms with Gasteiger partial charge in [-0.25, -0.2) is 4.57 Å². The van der Waals surface area contributed by atoms with Crippen LogP contribution in [-0.2, 0) is 7.05 Å². The molecule has 0 saturated carbocycles. The van der Waals surface area contributed by atoms with E-state index in [0.29, 0.717) is 5.95 Å². The molecule has 0 aliphatic carbocycles. The van der Waals surface area contributed by atoms with Gasteiger partial charge in [0.15, 0.2) is 0 Å². The maximum absolute atomic E-state index is 5.81. The lowest BCUT2D eigenvalue weighted by Gasteiger charge is -2.02. The summed E-state index contributed by atoms with van der Waals surface area (Å²) in [4.78, 5) is 4.37. The Morgan fingerprint density at radius 1 is 1.18 bits per heavy atom. The highest BCUT2D eigenvalue weighted by atomic mass is 15.2. The zero-order valence-corrected chi connectivity index (χ0v) is 9.54. The summed E-state index contributed by atoms with van der Waals surface area (Å²) in [6, 6.07) is 12.2. The quantitative estimate of drug-likeness (QED) is 0.637. The maximum Gasteiger partial charge on any atom is 0.391 e. The first-order chi connectivity index (χ1) is 8.25. The third-order valence-electron chi connectivity index (χ3n) is 2.88. The van der Waals surface area contributed by atoms with Crippen molar-refractivity contribution >= 4 is 16.9 Å². The van der Waals surface area contributed by atoms with Gasteiger partial charge in [-0.05, 0) is 12.1 Å². The average Bonchev–Trinajstić information content (AvgIpc) is 2.76. The van der Waals surface area contributed by atoms with Crippen molar-refractivity contribution in [3.05, 3.63) is 48.8 Å². The van der Waals surface area contributed by atoms with E-state index in [9.17, 15) is 0 Å². The number of hydrogen-bond donors (Lipinski definition) is 1. The number of hydrogen-bond acceptors (Lipinski definition) is 2. The molecule has 1 aromatic carbocycles. The predicted octanol–water partition coefficient (Wildman–Crippen LogP) is 1.43. The van der Waals surface area contributed by atoms with Gasteiger partial charge in [-0.3, -0.25) is 10.3 Å². The topological polar surface area (TPSA) is 47.7 Å². The first-order valence-corrected chi connectivity index (χ1v) is 5.44. The van der Waals surface area contributed by atoms with Crippen LogP contribution in [0, 0.1) is 0 Å². The van der Waals surface area contributed by atoms with E-state index in [1.165, 1.54) is 5.39 Å². The molecule has 0 radical (unpaired) electrons. The Kier molecular flexibility index (Phi) is 2.08. The summed E-state index contributed by atoms with van der Waals surface area (Å²) >= 11 is 0. The molecule has 84 valence electrons. The van der Waals surface area contributed by atoms with Crippen molar-refractivity contribution in [1.29, 1.82) is 0 Å². The van der Waals surface area contributed by atoms with Crippen LogP contribution in [0.5, 0.6) is 0 Å². The first-order valence-electron chi connectivity index (χ1n) is 5.44. The Morgan fingerprint density at radius 2 is 2.00 bits per heavy atom. The second-order valence-electron chi connectivity index (χ2n) is 4.00. The fourth-order valence-electron chi connectivity index (χ4n) is 1.91. The fourth-order valence-corrected chi connectivity index (χ4v) is 1.91. The molecule has 17 heavy (non-hydrogen) atoms. The van der Waals surface area contributed by atoms with Crippen molar-refractivity contribution in [1.82, 2.24) is 9.55 Å².